The number of aryl methyl sites for hydroxylation is 1. The van der Waals surface area contributed by atoms with Gasteiger partial charge in [0.2, 0.25) is 0 Å². The number of allylic oxidation sites excluding steroid dienone is 1. The van der Waals surface area contributed by atoms with Crippen molar-refractivity contribution in [2.75, 3.05) is 0 Å². The lowest BCUT2D eigenvalue weighted by molar-refractivity contribution is -0.136. The molecule has 0 bridgehead atoms. The Morgan fingerprint density at radius 1 is 0.939 bits per heavy atom. The molecule has 33 heavy (non-hydrogen) atoms. The molecule has 1 aromatic heterocycles. The van der Waals surface area contributed by atoms with Crippen LogP contribution in [-0.4, -0.2) is 10.9 Å². The van der Waals surface area contributed by atoms with Crippen molar-refractivity contribution in [3.05, 3.63) is 114 Å². The zero-order chi connectivity index (χ0) is 23.4. The zero-order valence-corrected chi connectivity index (χ0v) is 17.9. The van der Waals surface area contributed by atoms with Gasteiger partial charge in [-0.05, 0) is 53.8 Å². The summed E-state index contributed by atoms with van der Waals surface area (Å²) in [6.07, 6.45) is -0.743. The summed E-state index contributed by atoms with van der Waals surface area (Å²) in [5, 5.41) is 2.95. The van der Waals surface area contributed by atoms with Crippen LogP contribution in [0.15, 0.2) is 91.1 Å². The molecule has 0 unspecified atom stereocenters. The van der Waals surface area contributed by atoms with Crippen LogP contribution in [0.2, 0.25) is 0 Å². The van der Waals surface area contributed by atoms with Gasteiger partial charge >= 0.3 is 6.18 Å². The maximum Gasteiger partial charge on any atom is 0.418 e. The normalized spacial score (nSPS) is 11.8. The second kappa shape index (κ2) is 9.28. The van der Waals surface area contributed by atoms with E-state index in [-0.39, 0.29) is 11.2 Å². The number of halogens is 3. The molecule has 6 heteroatoms. The van der Waals surface area contributed by atoms with Gasteiger partial charge in [0.05, 0.1) is 11.1 Å². The number of benzene rings is 3. The van der Waals surface area contributed by atoms with Gasteiger partial charge in [0.1, 0.15) is 5.69 Å². The lowest BCUT2D eigenvalue weighted by Crippen LogP contribution is -2.19. The molecule has 3 aromatic carbocycles. The highest BCUT2D eigenvalue weighted by molar-refractivity contribution is 5.98. The Labute approximate surface area is 189 Å². The Kier molecular flexibility index (Phi) is 6.27. The maximum absolute atomic E-state index is 13.9. The van der Waals surface area contributed by atoms with E-state index in [2.05, 4.69) is 10.3 Å². The van der Waals surface area contributed by atoms with Gasteiger partial charge < -0.3 is 5.32 Å². The van der Waals surface area contributed by atoms with E-state index in [1.807, 2.05) is 30.3 Å². The summed E-state index contributed by atoms with van der Waals surface area (Å²) in [7, 11) is 0. The van der Waals surface area contributed by atoms with E-state index in [1.54, 1.807) is 49.4 Å². The molecule has 4 rings (SSSR count). The Bertz CT molecular complexity index is 1310. The molecule has 0 spiro atoms. The van der Waals surface area contributed by atoms with E-state index < -0.39 is 17.6 Å². The lowest BCUT2D eigenvalue weighted by atomic mass is 9.96. The van der Waals surface area contributed by atoms with E-state index >= 15 is 0 Å². The Balaban J connectivity index is 1.67. The van der Waals surface area contributed by atoms with Crippen LogP contribution in [0, 0.1) is 6.92 Å². The average Bonchev–Trinajstić information content (AvgIpc) is 2.81. The summed E-state index contributed by atoms with van der Waals surface area (Å²) >= 11 is 0. The molecule has 1 amide bonds. The first kappa shape index (κ1) is 22.3. The lowest BCUT2D eigenvalue weighted by Gasteiger charge is -2.15. The number of rotatable bonds is 5. The van der Waals surface area contributed by atoms with Crippen molar-refractivity contribution in [2.24, 2.45) is 0 Å². The average molecular weight is 446 g/mol. The molecule has 4 aromatic rings. The van der Waals surface area contributed by atoms with Crippen LogP contribution in [0.3, 0.4) is 0 Å². The fourth-order valence-corrected chi connectivity index (χ4v) is 3.64. The highest BCUT2D eigenvalue weighted by atomic mass is 19.4. The smallest absolute Gasteiger partial charge is 0.328 e. The molecule has 3 nitrogen and oxygen atoms in total. The summed E-state index contributed by atoms with van der Waals surface area (Å²) in [4.78, 5) is 16.7. The molecular weight excluding hydrogens is 425 g/mol. The molecule has 166 valence electrons. The van der Waals surface area contributed by atoms with E-state index in [4.69, 9.17) is 0 Å². The molecule has 0 aliphatic rings. The highest BCUT2D eigenvalue weighted by Crippen LogP contribution is 2.38. The molecule has 0 saturated heterocycles. The fraction of sp³-hybridized carbons (Fsp3) is 0.111. The van der Waals surface area contributed by atoms with Crippen molar-refractivity contribution in [3.8, 4) is 11.1 Å². The second-order valence-corrected chi connectivity index (χ2v) is 7.67. The predicted octanol–water partition coefficient (Wildman–Crippen LogP) is 6.72. The van der Waals surface area contributed by atoms with Gasteiger partial charge in [-0.15, -0.1) is 0 Å². The van der Waals surface area contributed by atoms with Crippen LogP contribution in [0.4, 0.5) is 13.2 Å². The van der Waals surface area contributed by atoms with E-state index in [0.29, 0.717) is 28.5 Å². The number of carbonyl (C=O) groups is 1. The molecule has 0 atom stereocenters. The molecule has 0 saturated carbocycles. The van der Waals surface area contributed by atoms with Crippen LogP contribution in [0.5, 0.6) is 0 Å². The minimum Gasteiger partial charge on any atom is -0.328 e. The minimum absolute atomic E-state index is 0.0673. The van der Waals surface area contributed by atoms with Crippen molar-refractivity contribution >= 4 is 16.8 Å². The summed E-state index contributed by atoms with van der Waals surface area (Å²) in [5.74, 6) is -0.565. The first-order valence-corrected chi connectivity index (χ1v) is 10.4. The third-order valence-corrected chi connectivity index (χ3v) is 5.29. The van der Waals surface area contributed by atoms with Gasteiger partial charge in [0, 0.05) is 11.6 Å². The molecule has 1 N–H and O–H groups in total. The first-order valence-electron chi connectivity index (χ1n) is 10.4. The van der Waals surface area contributed by atoms with Gasteiger partial charge in [0.15, 0.2) is 0 Å². The number of fused-ring (bicyclic) bond motifs is 1. The third-order valence-electron chi connectivity index (χ3n) is 5.29. The van der Waals surface area contributed by atoms with Gasteiger partial charge in [-0.25, -0.2) is 4.98 Å². The topological polar surface area (TPSA) is 42.0 Å². The summed E-state index contributed by atoms with van der Waals surface area (Å²) < 4.78 is 41.8. The van der Waals surface area contributed by atoms with Crippen molar-refractivity contribution in [2.45, 2.75) is 19.5 Å². The number of amides is 1. The van der Waals surface area contributed by atoms with Gasteiger partial charge in [-0.1, -0.05) is 66.7 Å². The molecular formula is C27H21F3N2O. The van der Waals surface area contributed by atoms with Gasteiger partial charge in [0.25, 0.3) is 5.91 Å². The molecule has 0 aliphatic carbocycles. The van der Waals surface area contributed by atoms with Crippen molar-refractivity contribution in [1.29, 1.82) is 0 Å². The highest BCUT2D eigenvalue weighted by Gasteiger charge is 2.34. The van der Waals surface area contributed by atoms with E-state index in [0.717, 1.165) is 11.6 Å². The summed E-state index contributed by atoms with van der Waals surface area (Å²) in [5.41, 5.74) is 1.57. The Morgan fingerprint density at radius 3 is 2.27 bits per heavy atom. The number of alkyl halides is 3. The van der Waals surface area contributed by atoms with E-state index in [9.17, 15) is 18.0 Å². The molecule has 0 fully saturated rings. The number of hydrogen-bond acceptors (Lipinski definition) is 2. The molecule has 0 radical (unpaired) electrons. The van der Waals surface area contributed by atoms with Crippen LogP contribution in [-0.2, 0) is 12.6 Å². The van der Waals surface area contributed by atoms with Crippen LogP contribution in [0.1, 0.15) is 27.2 Å². The monoisotopic (exact) mass is 446 g/mol. The predicted molar refractivity (Wildman–Crippen MR) is 124 cm³/mol. The standard InChI is InChI=1S/C27H21F3N2O/c1-18-15-24(26(33)31-14-8-11-19-9-4-2-5-10-19)32-25-22(18)16-21(17-23(25)27(28,29)30)20-12-6-3-7-13-20/h2-10,12-17H,11H2,1H3,(H,31,33). The van der Waals surface area contributed by atoms with Crippen molar-refractivity contribution in [3.63, 3.8) is 0 Å². The van der Waals surface area contributed by atoms with Crippen LogP contribution in [0.25, 0.3) is 22.0 Å². The maximum atomic E-state index is 13.9. The fourth-order valence-electron chi connectivity index (χ4n) is 3.64. The minimum atomic E-state index is -4.62. The number of nitrogens with zero attached hydrogens (tertiary/aromatic N) is 1. The summed E-state index contributed by atoms with van der Waals surface area (Å²) in [6, 6.07) is 22.8. The van der Waals surface area contributed by atoms with Gasteiger partial charge in [-0.3, -0.25) is 4.79 Å². The van der Waals surface area contributed by atoms with Crippen LogP contribution >= 0.6 is 0 Å². The SMILES string of the molecule is Cc1cc(C(=O)NC=CCc2ccccc2)nc2c(C(F)(F)F)cc(-c3ccccc3)cc12. The van der Waals surface area contributed by atoms with Crippen molar-refractivity contribution in [1.82, 2.24) is 10.3 Å². The quantitative estimate of drug-likeness (QED) is 0.370. The number of aromatic nitrogens is 1. The number of carbonyl (C=O) groups excluding carboxylic acids is 1. The first-order chi connectivity index (χ1) is 15.8. The number of nitrogens with one attached hydrogen (secondary N) is 1. The van der Waals surface area contributed by atoms with Crippen LogP contribution < -0.4 is 5.32 Å². The molecule has 1 heterocycles. The second-order valence-electron chi connectivity index (χ2n) is 7.67. The Hall–Kier alpha value is -3.93. The zero-order valence-electron chi connectivity index (χ0n) is 17.9. The largest absolute Gasteiger partial charge is 0.418 e. The van der Waals surface area contributed by atoms with Crippen molar-refractivity contribution < 1.29 is 18.0 Å². The number of pyridine rings is 1. The summed E-state index contributed by atoms with van der Waals surface area (Å²) in [6.45, 7) is 1.68. The van der Waals surface area contributed by atoms with E-state index in [1.165, 1.54) is 12.3 Å². The third kappa shape index (κ3) is 5.12. The number of hydrogen-bond donors (Lipinski definition) is 1. The van der Waals surface area contributed by atoms with Gasteiger partial charge in [-0.2, -0.15) is 13.2 Å². The Morgan fingerprint density at radius 2 is 1.61 bits per heavy atom. The molecule has 0 aliphatic heterocycles.